The van der Waals surface area contributed by atoms with Gasteiger partial charge in [-0.05, 0) is 54.4 Å². The van der Waals surface area contributed by atoms with Gasteiger partial charge in [0.2, 0.25) is 6.19 Å². The summed E-state index contributed by atoms with van der Waals surface area (Å²) in [5.41, 5.74) is 1.73. The Balaban J connectivity index is 2.48. The molecular weight excluding hydrogens is 340 g/mol. The molecule has 0 radical (unpaired) electrons. The van der Waals surface area contributed by atoms with Crippen LogP contribution in [0.5, 0.6) is 0 Å². The van der Waals surface area contributed by atoms with Gasteiger partial charge in [-0.15, -0.1) is 4.36 Å². The minimum Gasteiger partial charge on any atom is -0.366 e. The number of halogens is 1. The predicted molar refractivity (Wildman–Crippen MR) is 101 cm³/mol. The van der Waals surface area contributed by atoms with Gasteiger partial charge in [0.05, 0.1) is 17.0 Å². The molecule has 0 heterocycles. The van der Waals surface area contributed by atoms with Gasteiger partial charge < -0.3 is 4.90 Å². The fourth-order valence-corrected chi connectivity index (χ4v) is 3.84. The normalized spacial score (nSPS) is 12.3. The lowest BCUT2D eigenvalue weighted by atomic mass is 10.2. The third kappa shape index (κ3) is 4.44. The van der Waals surface area contributed by atoms with Crippen molar-refractivity contribution in [3.05, 3.63) is 53.1 Å². The molecule has 0 aromatic heterocycles. The van der Waals surface area contributed by atoms with E-state index < -0.39 is 10.7 Å². The summed E-state index contributed by atoms with van der Waals surface area (Å²) in [5.74, 6) is 0. The largest absolute Gasteiger partial charge is 0.366 e. The summed E-state index contributed by atoms with van der Waals surface area (Å²) in [6.45, 7) is 4.91. The summed E-state index contributed by atoms with van der Waals surface area (Å²) in [6.07, 6.45) is 3.69. The highest BCUT2D eigenvalue weighted by Gasteiger charge is 2.12. The van der Waals surface area contributed by atoms with Gasteiger partial charge in [0, 0.05) is 23.4 Å². The van der Waals surface area contributed by atoms with E-state index in [1.807, 2.05) is 67.5 Å². The molecule has 24 heavy (non-hydrogen) atoms. The van der Waals surface area contributed by atoms with Crippen LogP contribution in [0.4, 0.5) is 5.69 Å². The number of aryl methyl sites for hydroxylation is 1. The van der Waals surface area contributed by atoms with Gasteiger partial charge in [-0.25, -0.2) is 4.99 Å². The van der Waals surface area contributed by atoms with Crippen molar-refractivity contribution in [3.63, 3.8) is 0 Å². The number of nitrogens with zero attached hydrogens (tertiary/aromatic N) is 4. The van der Waals surface area contributed by atoms with Crippen molar-refractivity contribution in [1.29, 1.82) is 5.26 Å². The van der Waals surface area contributed by atoms with Crippen LogP contribution in [0.1, 0.15) is 12.5 Å². The van der Waals surface area contributed by atoms with Crippen LogP contribution in [0, 0.1) is 18.4 Å². The molecule has 0 amide bonds. The molecule has 2 aromatic rings. The van der Waals surface area contributed by atoms with Crippen LogP contribution in [-0.4, -0.2) is 24.8 Å². The van der Waals surface area contributed by atoms with Crippen LogP contribution in [0.15, 0.2) is 61.6 Å². The van der Waals surface area contributed by atoms with Crippen LogP contribution in [0.3, 0.4) is 0 Å². The topological polar surface area (TPSA) is 51.8 Å². The quantitative estimate of drug-likeness (QED) is 0.431. The standard InChI is InChI=1S/C18H19ClN4S/c1-4-23(3)13-21-17-10-14(2)18(11-16(17)19)24(22-12-20)15-8-6-5-7-9-15/h5-11,13H,4H2,1-3H3/b21-13-. The summed E-state index contributed by atoms with van der Waals surface area (Å²) >= 11 is 6.41. The second-order valence-corrected chi connectivity index (χ2v) is 7.25. The number of nitriles is 1. The predicted octanol–water partition coefficient (Wildman–Crippen LogP) is 4.96. The van der Waals surface area contributed by atoms with Crippen molar-refractivity contribution in [2.45, 2.75) is 23.6 Å². The lowest BCUT2D eigenvalue weighted by Crippen LogP contribution is -2.14. The summed E-state index contributed by atoms with van der Waals surface area (Å²) in [6, 6.07) is 13.6. The van der Waals surface area contributed by atoms with Crippen molar-refractivity contribution in [1.82, 2.24) is 4.90 Å². The van der Waals surface area contributed by atoms with Gasteiger partial charge in [-0.2, -0.15) is 5.26 Å². The van der Waals surface area contributed by atoms with Crippen molar-refractivity contribution in [3.8, 4) is 6.19 Å². The van der Waals surface area contributed by atoms with Gasteiger partial charge in [-0.3, -0.25) is 0 Å². The van der Waals surface area contributed by atoms with E-state index in [-0.39, 0.29) is 0 Å². The highest BCUT2D eigenvalue weighted by molar-refractivity contribution is 7.87. The van der Waals surface area contributed by atoms with E-state index >= 15 is 0 Å². The average molecular weight is 359 g/mol. The first-order chi connectivity index (χ1) is 11.6. The highest BCUT2D eigenvalue weighted by Crippen LogP contribution is 2.32. The van der Waals surface area contributed by atoms with E-state index in [4.69, 9.17) is 16.9 Å². The first-order valence-electron chi connectivity index (χ1n) is 7.50. The smallest absolute Gasteiger partial charge is 0.212 e. The molecule has 4 nitrogen and oxygen atoms in total. The first-order valence-corrected chi connectivity index (χ1v) is 9.06. The summed E-state index contributed by atoms with van der Waals surface area (Å²) in [5, 5.41) is 9.63. The molecule has 2 rings (SSSR count). The third-order valence-corrected chi connectivity index (χ3v) is 5.59. The molecule has 0 saturated heterocycles. The monoisotopic (exact) mass is 358 g/mol. The van der Waals surface area contributed by atoms with E-state index in [0.29, 0.717) is 10.7 Å². The molecule has 0 saturated carbocycles. The Morgan fingerprint density at radius 2 is 2.00 bits per heavy atom. The SMILES string of the molecule is CCN(C)/C=N\c1cc(C)c(/S(=N\C#N)c2ccccc2)cc1Cl. The van der Waals surface area contributed by atoms with Gasteiger partial charge in [-0.1, -0.05) is 29.8 Å². The zero-order chi connectivity index (χ0) is 17.5. The molecule has 1 unspecified atom stereocenters. The molecule has 0 N–H and O–H groups in total. The van der Waals surface area contributed by atoms with E-state index in [1.165, 1.54) is 0 Å². The van der Waals surface area contributed by atoms with Crippen molar-refractivity contribution in [2.75, 3.05) is 13.6 Å². The fraction of sp³-hybridized carbons (Fsp3) is 0.222. The van der Waals surface area contributed by atoms with Gasteiger partial charge >= 0.3 is 0 Å². The van der Waals surface area contributed by atoms with Crippen molar-refractivity contribution in [2.24, 2.45) is 9.36 Å². The maximum absolute atomic E-state index is 9.07. The fourth-order valence-electron chi connectivity index (χ4n) is 2.02. The molecule has 124 valence electrons. The zero-order valence-corrected chi connectivity index (χ0v) is 15.5. The van der Waals surface area contributed by atoms with Crippen molar-refractivity contribution >= 4 is 34.3 Å². The maximum Gasteiger partial charge on any atom is 0.212 e. The minimum absolute atomic E-state index is 0.554. The van der Waals surface area contributed by atoms with Crippen LogP contribution < -0.4 is 0 Å². The minimum atomic E-state index is -0.679. The lowest BCUT2D eigenvalue weighted by molar-refractivity contribution is 0.552. The Labute approximate surface area is 150 Å². The molecule has 0 spiro atoms. The Morgan fingerprint density at radius 3 is 2.62 bits per heavy atom. The van der Waals surface area contributed by atoms with Gasteiger partial charge in [0.15, 0.2) is 0 Å². The van der Waals surface area contributed by atoms with Crippen LogP contribution in [-0.2, 0) is 10.7 Å². The Bertz CT molecular complexity index is 810. The number of hydrogen-bond acceptors (Lipinski definition) is 3. The number of aliphatic imine (C=N–C) groups is 1. The second-order valence-electron chi connectivity index (χ2n) is 5.18. The Hall–Kier alpha value is -2.16. The number of hydrogen-bond donors (Lipinski definition) is 0. The molecule has 1 atom stereocenters. The van der Waals surface area contributed by atoms with Crippen LogP contribution in [0.2, 0.25) is 5.02 Å². The van der Waals surface area contributed by atoms with E-state index in [2.05, 4.69) is 16.3 Å². The van der Waals surface area contributed by atoms with E-state index in [0.717, 1.165) is 21.9 Å². The van der Waals surface area contributed by atoms with Gasteiger partial charge in [0.25, 0.3) is 0 Å². The summed E-state index contributed by atoms with van der Waals surface area (Å²) in [7, 11) is 1.28. The molecule has 0 aliphatic carbocycles. The first kappa shape index (κ1) is 18.2. The molecule has 0 aliphatic rings. The molecule has 0 fully saturated rings. The van der Waals surface area contributed by atoms with Crippen LogP contribution >= 0.6 is 11.6 Å². The molecule has 2 aromatic carbocycles. The number of benzene rings is 2. The van der Waals surface area contributed by atoms with Crippen LogP contribution in [0.25, 0.3) is 0 Å². The van der Waals surface area contributed by atoms with Gasteiger partial charge in [0.1, 0.15) is 0 Å². The lowest BCUT2D eigenvalue weighted by Gasteiger charge is -2.13. The Kier molecular flexibility index (Phi) is 6.53. The molecule has 0 aliphatic heterocycles. The van der Waals surface area contributed by atoms with Crippen molar-refractivity contribution < 1.29 is 0 Å². The average Bonchev–Trinajstić information content (AvgIpc) is 2.60. The summed E-state index contributed by atoms with van der Waals surface area (Å²) < 4.78 is 4.11. The molecule has 0 bridgehead atoms. The third-order valence-electron chi connectivity index (χ3n) is 3.44. The zero-order valence-electron chi connectivity index (χ0n) is 13.9. The molecule has 6 heteroatoms. The number of rotatable bonds is 5. The molecular formula is C18H19ClN4S. The Morgan fingerprint density at radius 1 is 1.29 bits per heavy atom. The summed E-state index contributed by atoms with van der Waals surface area (Å²) in [4.78, 5) is 8.33. The highest BCUT2D eigenvalue weighted by atomic mass is 35.5. The second kappa shape index (κ2) is 8.62. The van der Waals surface area contributed by atoms with E-state index in [1.54, 1.807) is 6.34 Å². The maximum atomic E-state index is 9.07. The van der Waals surface area contributed by atoms with E-state index in [9.17, 15) is 0 Å².